The van der Waals surface area contributed by atoms with E-state index in [-0.39, 0.29) is 18.8 Å². The molecule has 0 saturated carbocycles. The van der Waals surface area contributed by atoms with Gasteiger partial charge in [-0.05, 0) is 20.8 Å². The van der Waals surface area contributed by atoms with Crippen LogP contribution < -0.4 is 0 Å². The molecule has 22 heavy (non-hydrogen) atoms. The van der Waals surface area contributed by atoms with Crippen molar-refractivity contribution in [2.24, 2.45) is 7.05 Å². The lowest BCUT2D eigenvalue weighted by Crippen LogP contribution is -2.54. The third kappa shape index (κ3) is 4.03. The van der Waals surface area contributed by atoms with Crippen LogP contribution in [-0.4, -0.2) is 62.9 Å². The molecule has 1 amide bonds. The van der Waals surface area contributed by atoms with Gasteiger partial charge in [-0.15, -0.1) is 0 Å². The van der Waals surface area contributed by atoms with Crippen LogP contribution in [0.1, 0.15) is 26.6 Å². The molecule has 0 bridgehead atoms. The van der Waals surface area contributed by atoms with Gasteiger partial charge in [0.1, 0.15) is 23.8 Å². The highest BCUT2D eigenvalue weighted by Gasteiger charge is 2.35. The third-order valence-corrected chi connectivity index (χ3v) is 3.27. The molecule has 1 aliphatic rings. The molecule has 8 nitrogen and oxygen atoms in total. The van der Waals surface area contributed by atoms with Crippen LogP contribution >= 0.6 is 0 Å². The van der Waals surface area contributed by atoms with Crippen LogP contribution in [0.25, 0.3) is 0 Å². The summed E-state index contributed by atoms with van der Waals surface area (Å²) in [5, 5.41) is 3.93. The molecule has 8 heteroatoms. The zero-order valence-corrected chi connectivity index (χ0v) is 13.4. The fraction of sp³-hybridized carbons (Fsp3) is 0.714. The molecular weight excluding hydrogens is 288 g/mol. The number of aryl methyl sites for hydroxylation is 1. The monoisotopic (exact) mass is 310 g/mol. The molecule has 0 spiro atoms. The van der Waals surface area contributed by atoms with E-state index >= 15 is 0 Å². The van der Waals surface area contributed by atoms with E-state index in [1.807, 2.05) is 0 Å². The number of hydrogen-bond acceptors (Lipinski definition) is 6. The summed E-state index contributed by atoms with van der Waals surface area (Å²) < 4.78 is 12.3. The minimum absolute atomic E-state index is 0.101. The molecule has 0 N–H and O–H groups in total. The SMILES string of the molecule is Cn1ncnc1CC(=O)C1COCCN1C(=O)OC(C)(C)C. The van der Waals surface area contributed by atoms with Crippen LogP contribution in [0, 0.1) is 0 Å². The second-order valence-electron chi connectivity index (χ2n) is 6.21. The van der Waals surface area contributed by atoms with Crippen molar-refractivity contribution >= 4 is 11.9 Å². The zero-order chi connectivity index (χ0) is 16.3. The van der Waals surface area contributed by atoms with Crippen molar-refractivity contribution < 1.29 is 19.1 Å². The Labute approximate surface area is 129 Å². The Morgan fingerprint density at radius 1 is 1.45 bits per heavy atom. The van der Waals surface area contributed by atoms with E-state index < -0.39 is 17.7 Å². The predicted octanol–water partition coefficient (Wildman–Crippen LogP) is 0.563. The van der Waals surface area contributed by atoms with Gasteiger partial charge in [0.2, 0.25) is 0 Å². The number of carbonyl (C=O) groups is 2. The number of hydrogen-bond donors (Lipinski definition) is 0. The summed E-state index contributed by atoms with van der Waals surface area (Å²) in [7, 11) is 1.72. The number of carbonyl (C=O) groups excluding carboxylic acids is 2. The molecule has 1 aromatic rings. The number of aromatic nitrogens is 3. The molecule has 1 saturated heterocycles. The minimum Gasteiger partial charge on any atom is -0.444 e. The zero-order valence-electron chi connectivity index (χ0n) is 13.4. The highest BCUT2D eigenvalue weighted by Crippen LogP contribution is 2.16. The fourth-order valence-electron chi connectivity index (χ4n) is 2.16. The van der Waals surface area contributed by atoms with Crippen LogP contribution in [0.5, 0.6) is 0 Å². The highest BCUT2D eigenvalue weighted by molar-refractivity contribution is 5.89. The number of ketones is 1. The van der Waals surface area contributed by atoms with Crippen molar-refractivity contribution in [2.45, 2.75) is 38.8 Å². The number of ether oxygens (including phenoxy) is 2. The van der Waals surface area contributed by atoms with Crippen LogP contribution in [0.4, 0.5) is 4.79 Å². The second-order valence-corrected chi connectivity index (χ2v) is 6.21. The predicted molar refractivity (Wildman–Crippen MR) is 77.3 cm³/mol. The highest BCUT2D eigenvalue weighted by atomic mass is 16.6. The van der Waals surface area contributed by atoms with Gasteiger partial charge in [0, 0.05) is 13.6 Å². The quantitative estimate of drug-likeness (QED) is 0.811. The van der Waals surface area contributed by atoms with Crippen molar-refractivity contribution in [1.29, 1.82) is 0 Å². The fourth-order valence-corrected chi connectivity index (χ4v) is 2.16. The molecule has 1 aliphatic heterocycles. The Morgan fingerprint density at radius 2 is 2.18 bits per heavy atom. The molecule has 1 unspecified atom stereocenters. The standard InChI is InChI=1S/C14H22N4O4/c1-14(2,3)22-13(20)18-5-6-21-8-10(18)11(19)7-12-15-9-16-17(12)4/h9-10H,5-8H2,1-4H3. The van der Waals surface area contributed by atoms with E-state index in [4.69, 9.17) is 9.47 Å². The van der Waals surface area contributed by atoms with E-state index in [1.54, 1.807) is 32.5 Å². The third-order valence-electron chi connectivity index (χ3n) is 3.27. The Morgan fingerprint density at radius 3 is 2.77 bits per heavy atom. The maximum atomic E-state index is 12.5. The number of rotatable bonds is 3. The Bertz CT molecular complexity index is 549. The van der Waals surface area contributed by atoms with Crippen molar-refractivity contribution in [3.8, 4) is 0 Å². The number of morpholine rings is 1. The average molecular weight is 310 g/mol. The molecular formula is C14H22N4O4. The lowest BCUT2D eigenvalue weighted by molar-refractivity contribution is -0.129. The Balaban J connectivity index is 2.07. The number of nitrogens with zero attached hydrogens (tertiary/aromatic N) is 4. The lowest BCUT2D eigenvalue weighted by atomic mass is 10.1. The maximum Gasteiger partial charge on any atom is 0.411 e. The number of amides is 1. The van der Waals surface area contributed by atoms with Gasteiger partial charge in [0.25, 0.3) is 0 Å². The summed E-state index contributed by atoms with van der Waals surface area (Å²) in [5.41, 5.74) is -0.605. The van der Waals surface area contributed by atoms with Gasteiger partial charge in [0.15, 0.2) is 5.78 Å². The normalized spacial score (nSPS) is 19.1. The van der Waals surface area contributed by atoms with Crippen LogP contribution in [0.3, 0.4) is 0 Å². The molecule has 2 rings (SSSR count). The van der Waals surface area contributed by atoms with E-state index in [0.29, 0.717) is 19.0 Å². The first-order chi connectivity index (χ1) is 10.3. The van der Waals surface area contributed by atoms with E-state index in [2.05, 4.69) is 10.1 Å². The summed E-state index contributed by atoms with van der Waals surface area (Å²) in [4.78, 5) is 30.2. The largest absolute Gasteiger partial charge is 0.444 e. The summed E-state index contributed by atoms with van der Waals surface area (Å²) in [5.74, 6) is 0.418. The van der Waals surface area contributed by atoms with Gasteiger partial charge in [-0.2, -0.15) is 5.10 Å². The van der Waals surface area contributed by atoms with E-state index in [1.165, 1.54) is 11.2 Å². The van der Waals surface area contributed by atoms with Gasteiger partial charge >= 0.3 is 6.09 Å². The smallest absolute Gasteiger partial charge is 0.411 e. The van der Waals surface area contributed by atoms with Crippen LogP contribution in [0.2, 0.25) is 0 Å². The van der Waals surface area contributed by atoms with Crippen molar-refractivity contribution in [1.82, 2.24) is 19.7 Å². The Kier molecular flexibility index (Phi) is 4.80. The average Bonchev–Trinajstić information content (AvgIpc) is 2.82. The molecule has 0 aromatic carbocycles. The number of Topliss-reactive ketones (excluding diaryl/α,β-unsaturated/α-hetero) is 1. The van der Waals surface area contributed by atoms with Crippen LogP contribution in [0.15, 0.2) is 6.33 Å². The van der Waals surface area contributed by atoms with Gasteiger partial charge < -0.3 is 9.47 Å². The first-order valence-electron chi connectivity index (χ1n) is 7.21. The molecule has 1 aromatic heterocycles. The summed E-state index contributed by atoms with van der Waals surface area (Å²) in [6.07, 6.45) is 1.00. The van der Waals surface area contributed by atoms with Crippen molar-refractivity contribution in [3.63, 3.8) is 0 Å². The van der Waals surface area contributed by atoms with Gasteiger partial charge in [0.05, 0.1) is 19.6 Å². The van der Waals surface area contributed by atoms with Crippen molar-refractivity contribution in [2.75, 3.05) is 19.8 Å². The van der Waals surface area contributed by atoms with Crippen molar-refractivity contribution in [3.05, 3.63) is 12.2 Å². The molecule has 0 radical (unpaired) electrons. The van der Waals surface area contributed by atoms with Gasteiger partial charge in [-0.3, -0.25) is 14.4 Å². The summed E-state index contributed by atoms with van der Waals surface area (Å²) in [6.45, 7) is 6.29. The lowest BCUT2D eigenvalue weighted by Gasteiger charge is -2.35. The minimum atomic E-state index is -0.653. The molecule has 1 atom stereocenters. The molecule has 2 heterocycles. The first-order valence-corrected chi connectivity index (χ1v) is 7.21. The van der Waals surface area contributed by atoms with Gasteiger partial charge in [-0.1, -0.05) is 0 Å². The van der Waals surface area contributed by atoms with Crippen LogP contribution in [-0.2, 0) is 27.7 Å². The topological polar surface area (TPSA) is 86.6 Å². The van der Waals surface area contributed by atoms with Gasteiger partial charge in [-0.25, -0.2) is 9.78 Å². The summed E-state index contributed by atoms with van der Waals surface area (Å²) in [6, 6.07) is -0.653. The van der Waals surface area contributed by atoms with E-state index in [0.717, 1.165) is 0 Å². The first kappa shape index (κ1) is 16.4. The molecule has 1 fully saturated rings. The molecule has 0 aliphatic carbocycles. The second kappa shape index (κ2) is 6.43. The maximum absolute atomic E-state index is 12.5. The molecule has 122 valence electrons. The Hall–Kier alpha value is -1.96. The van der Waals surface area contributed by atoms with E-state index in [9.17, 15) is 9.59 Å². The summed E-state index contributed by atoms with van der Waals surface area (Å²) >= 11 is 0.